The molecule has 1 heterocycles. The molecule has 2 rings (SSSR count). The topological polar surface area (TPSA) is 44.5 Å². The Morgan fingerprint density at radius 3 is 2.76 bits per heavy atom. The molecule has 1 saturated heterocycles. The summed E-state index contributed by atoms with van der Waals surface area (Å²) in [5.74, 6) is 1.53. The number of hydrogen-bond donors (Lipinski definition) is 1. The van der Waals surface area contributed by atoms with Crippen LogP contribution in [0.15, 0.2) is 0 Å². The lowest BCUT2D eigenvalue weighted by Crippen LogP contribution is -2.44. The van der Waals surface area contributed by atoms with Gasteiger partial charge in [0.1, 0.15) is 0 Å². The van der Waals surface area contributed by atoms with Crippen LogP contribution in [0.1, 0.15) is 46.0 Å². The molecule has 0 aromatic carbocycles. The Morgan fingerprint density at radius 2 is 2.12 bits per heavy atom. The number of rotatable bonds is 4. The maximum absolute atomic E-state index is 6.16. The second-order valence-corrected chi connectivity index (χ2v) is 5.99. The van der Waals surface area contributed by atoms with Gasteiger partial charge in [-0.05, 0) is 43.9 Å². The Hall–Kier alpha value is -0.120. The van der Waals surface area contributed by atoms with Crippen LogP contribution >= 0.6 is 0 Å². The molecule has 1 saturated carbocycles. The molecular formula is C14H27NO2. The third-order valence-electron chi connectivity index (χ3n) is 4.35. The molecule has 4 unspecified atom stereocenters. The third-order valence-corrected chi connectivity index (χ3v) is 4.35. The van der Waals surface area contributed by atoms with E-state index < -0.39 is 0 Å². The van der Waals surface area contributed by atoms with E-state index >= 15 is 0 Å². The van der Waals surface area contributed by atoms with Crippen molar-refractivity contribution < 1.29 is 9.47 Å². The van der Waals surface area contributed by atoms with Crippen LogP contribution in [0.2, 0.25) is 0 Å². The number of ether oxygens (including phenoxy) is 2. The first-order chi connectivity index (χ1) is 8.16. The van der Waals surface area contributed by atoms with Crippen molar-refractivity contribution in [2.24, 2.45) is 17.6 Å². The minimum atomic E-state index is 0.228. The van der Waals surface area contributed by atoms with Crippen LogP contribution in [0.4, 0.5) is 0 Å². The van der Waals surface area contributed by atoms with Gasteiger partial charge in [0.15, 0.2) is 0 Å². The highest BCUT2D eigenvalue weighted by Gasteiger charge is 2.31. The predicted octanol–water partition coefficient (Wildman–Crippen LogP) is 2.33. The largest absolute Gasteiger partial charge is 0.376 e. The molecule has 4 atom stereocenters. The van der Waals surface area contributed by atoms with E-state index in [4.69, 9.17) is 15.2 Å². The first kappa shape index (κ1) is 13.3. The molecule has 0 aromatic rings. The normalized spacial score (nSPS) is 38.8. The van der Waals surface area contributed by atoms with Crippen molar-refractivity contribution in [2.75, 3.05) is 13.2 Å². The van der Waals surface area contributed by atoms with E-state index in [0.717, 1.165) is 44.3 Å². The second kappa shape index (κ2) is 6.17. The maximum atomic E-state index is 6.16. The summed E-state index contributed by atoms with van der Waals surface area (Å²) >= 11 is 0. The average Bonchev–Trinajstić information content (AvgIpc) is 2.80. The second-order valence-electron chi connectivity index (χ2n) is 5.99. The zero-order valence-electron chi connectivity index (χ0n) is 11.2. The maximum Gasteiger partial charge on any atom is 0.0809 e. The van der Waals surface area contributed by atoms with Crippen LogP contribution in [0.25, 0.3) is 0 Å². The monoisotopic (exact) mass is 241 g/mol. The van der Waals surface area contributed by atoms with Gasteiger partial charge in [-0.2, -0.15) is 0 Å². The van der Waals surface area contributed by atoms with Crippen LogP contribution in [0.5, 0.6) is 0 Å². The van der Waals surface area contributed by atoms with Crippen LogP contribution in [-0.4, -0.2) is 31.5 Å². The Kier molecular flexibility index (Phi) is 4.83. The molecule has 0 bridgehead atoms. The van der Waals surface area contributed by atoms with Crippen LogP contribution in [0.3, 0.4) is 0 Å². The number of hydrogen-bond acceptors (Lipinski definition) is 3. The molecule has 1 aliphatic carbocycles. The van der Waals surface area contributed by atoms with Gasteiger partial charge in [0.2, 0.25) is 0 Å². The molecule has 0 spiro atoms. The molecule has 2 N–H and O–H groups in total. The molecule has 2 fully saturated rings. The van der Waals surface area contributed by atoms with E-state index in [1.807, 2.05) is 0 Å². The molecule has 0 aromatic heterocycles. The Labute approximate surface area is 105 Å². The van der Waals surface area contributed by atoms with Crippen molar-refractivity contribution in [3.05, 3.63) is 0 Å². The molecule has 3 heteroatoms. The molecule has 17 heavy (non-hydrogen) atoms. The van der Waals surface area contributed by atoms with Gasteiger partial charge in [0, 0.05) is 12.6 Å². The van der Waals surface area contributed by atoms with E-state index in [9.17, 15) is 0 Å². The van der Waals surface area contributed by atoms with Crippen molar-refractivity contribution in [3.63, 3.8) is 0 Å². The summed E-state index contributed by atoms with van der Waals surface area (Å²) in [6, 6.07) is 0.228. The van der Waals surface area contributed by atoms with E-state index in [-0.39, 0.29) is 12.1 Å². The van der Waals surface area contributed by atoms with E-state index in [1.54, 1.807) is 0 Å². The highest BCUT2D eigenvalue weighted by molar-refractivity contribution is 4.85. The fourth-order valence-corrected chi connectivity index (χ4v) is 2.99. The Morgan fingerprint density at radius 1 is 1.29 bits per heavy atom. The summed E-state index contributed by atoms with van der Waals surface area (Å²) in [7, 11) is 0. The summed E-state index contributed by atoms with van der Waals surface area (Å²) in [5.41, 5.74) is 6.16. The van der Waals surface area contributed by atoms with Gasteiger partial charge in [-0.3, -0.25) is 0 Å². The lowest BCUT2D eigenvalue weighted by Gasteiger charge is -2.36. The third kappa shape index (κ3) is 3.67. The molecule has 100 valence electrons. The van der Waals surface area contributed by atoms with Crippen LogP contribution < -0.4 is 5.73 Å². The van der Waals surface area contributed by atoms with Crippen molar-refractivity contribution in [2.45, 2.75) is 64.2 Å². The SMILES string of the molecule is CC(C)C1CCC(N)C(OCC2CCCO2)C1. The summed E-state index contributed by atoms with van der Waals surface area (Å²) in [5, 5.41) is 0. The van der Waals surface area contributed by atoms with Crippen molar-refractivity contribution in [1.29, 1.82) is 0 Å². The summed E-state index contributed by atoms with van der Waals surface area (Å²) in [4.78, 5) is 0. The summed E-state index contributed by atoms with van der Waals surface area (Å²) in [6.45, 7) is 6.25. The van der Waals surface area contributed by atoms with Gasteiger partial charge >= 0.3 is 0 Å². The van der Waals surface area contributed by atoms with Gasteiger partial charge in [0.25, 0.3) is 0 Å². The van der Waals surface area contributed by atoms with E-state index in [2.05, 4.69) is 13.8 Å². The van der Waals surface area contributed by atoms with E-state index in [0.29, 0.717) is 6.10 Å². The van der Waals surface area contributed by atoms with Gasteiger partial charge in [-0.1, -0.05) is 13.8 Å². The van der Waals surface area contributed by atoms with Gasteiger partial charge in [-0.25, -0.2) is 0 Å². The Bertz CT molecular complexity index is 226. The van der Waals surface area contributed by atoms with Crippen molar-refractivity contribution in [3.8, 4) is 0 Å². The number of nitrogens with two attached hydrogens (primary N) is 1. The molecule has 3 nitrogen and oxygen atoms in total. The van der Waals surface area contributed by atoms with Crippen LogP contribution in [-0.2, 0) is 9.47 Å². The van der Waals surface area contributed by atoms with Crippen LogP contribution in [0, 0.1) is 11.8 Å². The first-order valence-electron chi connectivity index (χ1n) is 7.15. The van der Waals surface area contributed by atoms with Gasteiger partial charge in [0.05, 0.1) is 18.8 Å². The molecule has 2 aliphatic rings. The minimum Gasteiger partial charge on any atom is -0.376 e. The fourth-order valence-electron chi connectivity index (χ4n) is 2.99. The summed E-state index contributed by atoms with van der Waals surface area (Å²) < 4.78 is 11.6. The fraction of sp³-hybridized carbons (Fsp3) is 1.00. The molecular weight excluding hydrogens is 214 g/mol. The molecule has 1 aliphatic heterocycles. The Balaban J connectivity index is 1.76. The summed E-state index contributed by atoms with van der Waals surface area (Å²) in [6.07, 6.45) is 6.40. The van der Waals surface area contributed by atoms with Crippen molar-refractivity contribution in [1.82, 2.24) is 0 Å². The highest BCUT2D eigenvalue weighted by Crippen LogP contribution is 2.31. The van der Waals surface area contributed by atoms with Crippen molar-refractivity contribution >= 4 is 0 Å². The van der Waals surface area contributed by atoms with Gasteiger partial charge < -0.3 is 15.2 Å². The zero-order valence-corrected chi connectivity index (χ0v) is 11.2. The average molecular weight is 241 g/mol. The predicted molar refractivity (Wildman–Crippen MR) is 68.9 cm³/mol. The lowest BCUT2D eigenvalue weighted by atomic mass is 9.78. The minimum absolute atomic E-state index is 0.228. The molecule has 0 amide bonds. The standard InChI is InChI=1S/C14H27NO2/c1-10(2)11-5-6-13(15)14(8-11)17-9-12-4-3-7-16-12/h10-14H,3-9,15H2,1-2H3. The zero-order chi connectivity index (χ0) is 12.3. The van der Waals surface area contributed by atoms with E-state index in [1.165, 1.54) is 12.8 Å². The highest BCUT2D eigenvalue weighted by atomic mass is 16.5. The van der Waals surface area contributed by atoms with Gasteiger partial charge in [-0.15, -0.1) is 0 Å². The molecule has 0 radical (unpaired) electrons. The first-order valence-corrected chi connectivity index (χ1v) is 7.15. The quantitative estimate of drug-likeness (QED) is 0.821. The lowest BCUT2D eigenvalue weighted by molar-refractivity contribution is -0.0517. The smallest absolute Gasteiger partial charge is 0.0809 e.